The lowest BCUT2D eigenvalue weighted by Gasteiger charge is -2.21. The maximum atomic E-state index is 12.1. The highest BCUT2D eigenvalue weighted by atomic mass is 16.2. The summed E-state index contributed by atoms with van der Waals surface area (Å²) < 4.78 is 1.97. The molecule has 2 rings (SSSR count). The molecule has 1 amide bonds. The van der Waals surface area contributed by atoms with E-state index in [-0.39, 0.29) is 11.9 Å². The highest BCUT2D eigenvalue weighted by Crippen LogP contribution is 2.09. The molecule has 1 aliphatic heterocycles. The van der Waals surface area contributed by atoms with Crippen molar-refractivity contribution >= 4 is 5.91 Å². The lowest BCUT2D eigenvalue weighted by molar-refractivity contribution is -0.131. The fourth-order valence-electron chi connectivity index (χ4n) is 1.98. The predicted octanol–water partition coefficient (Wildman–Crippen LogP) is 0.345. The van der Waals surface area contributed by atoms with E-state index in [0.717, 1.165) is 12.4 Å². The van der Waals surface area contributed by atoms with Crippen LogP contribution in [0.2, 0.25) is 0 Å². The Labute approximate surface area is 107 Å². The molecule has 1 aromatic rings. The molecule has 98 valence electrons. The third-order valence-corrected chi connectivity index (χ3v) is 3.01. The molecular formula is C12H19N5O. The molecule has 0 aliphatic carbocycles. The topological polar surface area (TPSA) is 63.1 Å². The van der Waals surface area contributed by atoms with Gasteiger partial charge in [-0.1, -0.05) is 12.2 Å². The van der Waals surface area contributed by atoms with Crippen molar-refractivity contribution in [1.29, 1.82) is 0 Å². The van der Waals surface area contributed by atoms with Crippen LogP contribution in [0, 0.1) is 0 Å². The van der Waals surface area contributed by atoms with Gasteiger partial charge in [-0.15, -0.1) is 10.2 Å². The lowest BCUT2D eigenvalue weighted by atomic mass is 10.2. The normalized spacial score (nSPS) is 18.6. The first kappa shape index (κ1) is 12.8. The fraction of sp³-hybridized carbons (Fsp3) is 0.583. The number of likely N-dealkylation sites (N-methyl/N-ethyl adjacent to an activating group) is 1. The van der Waals surface area contributed by atoms with Gasteiger partial charge in [-0.05, 0) is 13.8 Å². The number of aromatic nitrogens is 3. The Morgan fingerprint density at radius 1 is 1.67 bits per heavy atom. The fourth-order valence-corrected chi connectivity index (χ4v) is 1.98. The van der Waals surface area contributed by atoms with Gasteiger partial charge >= 0.3 is 0 Å². The monoisotopic (exact) mass is 249 g/mol. The van der Waals surface area contributed by atoms with Gasteiger partial charge in [-0.3, -0.25) is 10.1 Å². The number of hydrogen-bond acceptors (Lipinski definition) is 4. The molecule has 0 aromatic carbocycles. The largest absolute Gasteiger partial charge is 0.337 e. The SMILES string of the molecule is CC(C)n1cnnc1CN(C)C(=O)C1C=CCN1. The van der Waals surface area contributed by atoms with Crippen molar-refractivity contribution in [3.63, 3.8) is 0 Å². The van der Waals surface area contributed by atoms with Crippen LogP contribution in [0.1, 0.15) is 25.7 Å². The van der Waals surface area contributed by atoms with Crippen LogP contribution in [0.4, 0.5) is 0 Å². The average molecular weight is 249 g/mol. The third kappa shape index (κ3) is 2.59. The highest BCUT2D eigenvalue weighted by Gasteiger charge is 2.22. The van der Waals surface area contributed by atoms with Crippen molar-refractivity contribution in [2.24, 2.45) is 0 Å². The summed E-state index contributed by atoms with van der Waals surface area (Å²) in [5.41, 5.74) is 0. The molecule has 0 fully saturated rings. The molecule has 6 nitrogen and oxygen atoms in total. The van der Waals surface area contributed by atoms with Gasteiger partial charge in [-0.25, -0.2) is 0 Å². The Hall–Kier alpha value is -1.69. The summed E-state index contributed by atoms with van der Waals surface area (Å²) in [6.07, 6.45) is 5.56. The number of carbonyl (C=O) groups is 1. The zero-order valence-electron chi connectivity index (χ0n) is 11.0. The maximum absolute atomic E-state index is 12.1. The Morgan fingerprint density at radius 3 is 3.06 bits per heavy atom. The second-order valence-corrected chi connectivity index (χ2v) is 4.76. The van der Waals surface area contributed by atoms with E-state index in [4.69, 9.17) is 0 Å². The molecule has 0 bridgehead atoms. The number of rotatable bonds is 4. The van der Waals surface area contributed by atoms with E-state index in [1.807, 2.05) is 16.7 Å². The van der Waals surface area contributed by atoms with Crippen LogP contribution in [0.25, 0.3) is 0 Å². The van der Waals surface area contributed by atoms with Gasteiger partial charge < -0.3 is 9.47 Å². The summed E-state index contributed by atoms with van der Waals surface area (Å²) in [6.45, 7) is 5.36. The standard InChI is InChI=1S/C12H19N5O/c1-9(2)17-8-14-15-11(17)7-16(3)12(18)10-5-4-6-13-10/h4-5,8-10,13H,6-7H2,1-3H3. The number of nitrogens with one attached hydrogen (secondary N) is 1. The molecule has 1 atom stereocenters. The number of amides is 1. The first-order valence-corrected chi connectivity index (χ1v) is 6.13. The first-order chi connectivity index (χ1) is 8.59. The van der Waals surface area contributed by atoms with E-state index >= 15 is 0 Å². The second kappa shape index (κ2) is 5.30. The van der Waals surface area contributed by atoms with Gasteiger partial charge in [-0.2, -0.15) is 0 Å². The quantitative estimate of drug-likeness (QED) is 0.782. The summed E-state index contributed by atoms with van der Waals surface area (Å²) in [5, 5.41) is 11.1. The molecule has 18 heavy (non-hydrogen) atoms. The molecule has 1 N–H and O–H groups in total. The van der Waals surface area contributed by atoms with E-state index in [0.29, 0.717) is 12.6 Å². The van der Waals surface area contributed by atoms with E-state index in [2.05, 4.69) is 29.4 Å². The molecule has 2 heterocycles. The number of carbonyl (C=O) groups excluding carboxylic acids is 1. The molecule has 1 aromatic heterocycles. The molecule has 0 spiro atoms. The maximum Gasteiger partial charge on any atom is 0.243 e. The van der Waals surface area contributed by atoms with Gasteiger partial charge in [0.1, 0.15) is 12.4 Å². The van der Waals surface area contributed by atoms with Crippen LogP contribution in [0.5, 0.6) is 0 Å². The molecule has 1 unspecified atom stereocenters. The van der Waals surface area contributed by atoms with Crippen LogP contribution in [0.15, 0.2) is 18.5 Å². The number of nitrogens with zero attached hydrogens (tertiary/aromatic N) is 4. The Balaban J connectivity index is 2.02. The Kier molecular flexibility index (Phi) is 3.76. The highest BCUT2D eigenvalue weighted by molar-refractivity contribution is 5.84. The zero-order chi connectivity index (χ0) is 13.1. The smallest absolute Gasteiger partial charge is 0.243 e. The van der Waals surface area contributed by atoms with Crippen LogP contribution in [-0.4, -0.2) is 45.2 Å². The second-order valence-electron chi connectivity index (χ2n) is 4.76. The van der Waals surface area contributed by atoms with Crippen LogP contribution >= 0.6 is 0 Å². The minimum absolute atomic E-state index is 0.0575. The van der Waals surface area contributed by atoms with E-state index < -0.39 is 0 Å². The summed E-state index contributed by atoms with van der Waals surface area (Å²) in [6, 6.07) is 0.0911. The van der Waals surface area contributed by atoms with Gasteiger partial charge in [0.2, 0.25) is 5.91 Å². The summed E-state index contributed by atoms with van der Waals surface area (Å²) in [4.78, 5) is 13.8. The van der Waals surface area contributed by atoms with E-state index in [9.17, 15) is 4.79 Å². The van der Waals surface area contributed by atoms with Gasteiger partial charge in [0.15, 0.2) is 5.82 Å². The summed E-state index contributed by atoms with van der Waals surface area (Å²) in [5.74, 6) is 0.866. The first-order valence-electron chi connectivity index (χ1n) is 6.13. The molecule has 0 saturated heterocycles. The summed E-state index contributed by atoms with van der Waals surface area (Å²) >= 11 is 0. The third-order valence-electron chi connectivity index (χ3n) is 3.01. The van der Waals surface area contributed by atoms with Crippen LogP contribution in [0.3, 0.4) is 0 Å². The van der Waals surface area contributed by atoms with Crippen molar-refractivity contribution in [3.05, 3.63) is 24.3 Å². The molecule has 0 radical (unpaired) electrons. The lowest BCUT2D eigenvalue weighted by Crippen LogP contribution is -2.41. The Morgan fingerprint density at radius 2 is 2.44 bits per heavy atom. The van der Waals surface area contributed by atoms with Crippen molar-refractivity contribution in [2.45, 2.75) is 32.5 Å². The molecule has 1 aliphatic rings. The van der Waals surface area contributed by atoms with Crippen molar-refractivity contribution in [1.82, 2.24) is 25.0 Å². The van der Waals surface area contributed by atoms with Crippen molar-refractivity contribution in [3.8, 4) is 0 Å². The van der Waals surface area contributed by atoms with E-state index in [1.54, 1.807) is 18.3 Å². The van der Waals surface area contributed by atoms with Gasteiger partial charge in [0.25, 0.3) is 0 Å². The summed E-state index contributed by atoms with van der Waals surface area (Å²) in [7, 11) is 1.79. The Bertz CT molecular complexity index is 451. The molecule has 0 saturated carbocycles. The number of hydrogen-bond donors (Lipinski definition) is 1. The van der Waals surface area contributed by atoms with Crippen molar-refractivity contribution in [2.75, 3.05) is 13.6 Å². The zero-order valence-corrected chi connectivity index (χ0v) is 11.0. The van der Waals surface area contributed by atoms with Crippen LogP contribution in [-0.2, 0) is 11.3 Å². The minimum Gasteiger partial charge on any atom is -0.337 e. The predicted molar refractivity (Wildman–Crippen MR) is 67.8 cm³/mol. The molecule has 6 heteroatoms. The molecular weight excluding hydrogens is 230 g/mol. The minimum atomic E-state index is -0.203. The van der Waals surface area contributed by atoms with Gasteiger partial charge in [0.05, 0.1) is 6.54 Å². The average Bonchev–Trinajstić information content (AvgIpc) is 2.98. The van der Waals surface area contributed by atoms with E-state index in [1.165, 1.54) is 0 Å². The van der Waals surface area contributed by atoms with Crippen LogP contribution < -0.4 is 5.32 Å². The van der Waals surface area contributed by atoms with Crippen molar-refractivity contribution < 1.29 is 4.79 Å². The van der Waals surface area contributed by atoms with Gasteiger partial charge in [0, 0.05) is 19.6 Å².